The van der Waals surface area contributed by atoms with Gasteiger partial charge < -0.3 is 16.4 Å². The molecule has 5 N–H and O–H groups in total. The molecule has 0 saturated heterocycles. The summed E-state index contributed by atoms with van der Waals surface area (Å²) in [5.74, 6) is 0.0380. The van der Waals surface area contributed by atoms with E-state index in [1.807, 2.05) is 23.1 Å². The summed E-state index contributed by atoms with van der Waals surface area (Å²) >= 11 is 0. The second-order valence-corrected chi connectivity index (χ2v) is 4.10. The number of benzene rings is 1. The first-order chi connectivity index (χ1) is 8.18. The van der Waals surface area contributed by atoms with Crippen molar-refractivity contribution >= 4 is 17.6 Å². The molecule has 1 aromatic carbocycles. The topological polar surface area (TPSA) is 91.5 Å². The third-order valence-corrected chi connectivity index (χ3v) is 2.85. The highest BCUT2D eigenvalue weighted by atomic mass is 15.3. The van der Waals surface area contributed by atoms with Gasteiger partial charge in [0.25, 0.3) is 0 Å². The second-order valence-electron chi connectivity index (χ2n) is 4.10. The zero-order valence-electron chi connectivity index (χ0n) is 9.69. The van der Waals surface area contributed by atoms with E-state index in [4.69, 9.17) is 16.9 Å². The average Bonchev–Trinajstić information content (AvgIpc) is 2.50. The Hall–Kier alpha value is -2.04. The third-order valence-electron chi connectivity index (χ3n) is 2.85. The van der Waals surface area contributed by atoms with Crippen LogP contribution >= 0.6 is 0 Å². The molecule has 1 aliphatic rings. The van der Waals surface area contributed by atoms with Crippen LogP contribution in [0.1, 0.15) is 18.4 Å². The largest absolute Gasteiger partial charge is 0.370 e. The number of rotatable bonds is 0. The summed E-state index contributed by atoms with van der Waals surface area (Å²) in [6.07, 6.45) is 3.21. The van der Waals surface area contributed by atoms with E-state index in [2.05, 4.69) is 11.1 Å². The Bertz CT molecular complexity index is 448. The smallest absolute Gasteiger partial charge is 0.225 e. The van der Waals surface area contributed by atoms with Gasteiger partial charge in [0.15, 0.2) is 5.96 Å². The van der Waals surface area contributed by atoms with E-state index in [1.54, 1.807) is 0 Å². The summed E-state index contributed by atoms with van der Waals surface area (Å²) in [7, 11) is 0. The molecule has 5 nitrogen and oxygen atoms in total. The number of aliphatic imine (C=N–C) groups is 1. The molecule has 0 atom stereocenters. The number of guanidine groups is 2. The maximum atomic E-state index is 7.92. The van der Waals surface area contributed by atoms with Gasteiger partial charge in [0.2, 0.25) is 5.96 Å². The van der Waals surface area contributed by atoms with E-state index in [-0.39, 0.29) is 11.9 Å². The molecule has 0 aromatic heterocycles. The quantitative estimate of drug-likeness (QED) is 0.460. The fourth-order valence-corrected chi connectivity index (χ4v) is 2.09. The van der Waals surface area contributed by atoms with Gasteiger partial charge in [-0.15, -0.1) is 0 Å². The summed E-state index contributed by atoms with van der Waals surface area (Å²) in [5, 5.41) is 7.92. The van der Waals surface area contributed by atoms with Crippen molar-refractivity contribution in [1.29, 1.82) is 5.41 Å². The number of para-hydroxylation sites is 1. The van der Waals surface area contributed by atoms with E-state index in [0.717, 1.165) is 31.5 Å². The Morgan fingerprint density at radius 2 is 2.00 bits per heavy atom. The van der Waals surface area contributed by atoms with Crippen molar-refractivity contribution < 1.29 is 0 Å². The summed E-state index contributed by atoms with van der Waals surface area (Å²) in [6, 6.07) is 8.10. The van der Waals surface area contributed by atoms with E-state index in [1.165, 1.54) is 5.56 Å². The summed E-state index contributed by atoms with van der Waals surface area (Å²) in [6.45, 7) is 0.784. The van der Waals surface area contributed by atoms with Crippen LogP contribution in [0, 0.1) is 5.41 Å². The molecular weight excluding hydrogens is 214 g/mol. The number of aryl methyl sites for hydroxylation is 1. The molecule has 0 saturated carbocycles. The molecule has 1 aliphatic heterocycles. The Balaban J connectivity index is 2.35. The molecule has 0 bridgehead atoms. The number of nitrogens with one attached hydrogen (secondary N) is 1. The maximum Gasteiger partial charge on any atom is 0.225 e. The fourth-order valence-electron chi connectivity index (χ4n) is 2.09. The third kappa shape index (κ3) is 2.55. The van der Waals surface area contributed by atoms with Crippen LogP contribution in [0.5, 0.6) is 0 Å². The lowest BCUT2D eigenvalue weighted by molar-refractivity contribution is 0.764. The van der Waals surface area contributed by atoms with Gasteiger partial charge in [-0.25, -0.2) is 0 Å². The highest BCUT2D eigenvalue weighted by Gasteiger charge is 2.17. The zero-order valence-corrected chi connectivity index (χ0v) is 9.69. The van der Waals surface area contributed by atoms with Crippen LogP contribution in [0.2, 0.25) is 0 Å². The van der Waals surface area contributed by atoms with E-state index in [9.17, 15) is 0 Å². The van der Waals surface area contributed by atoms with Gasteiger partial charge in [-0.05, 0) is 30.9 Å². The molecule has 0 fully saturated rings. The minimum atomic E-state index is -0.0725. The number of hydrogen-bond donors (Lipinski definition) is 3. The van der Waals surface area contributed by atoms with Gasteiger partial charge >= 0.3 is 0 Å². The molecule has 1 heterocycles. The van der Waals surface area contributed by atoms with Gasteiger partial charge in [0, 0.05) is 12.2 Å². The van der Waals surface area contributed by atoms with Crippen LogP contribution in [-0.4, -0.2) is 18.5 Å². The molecule has 0 radical (unpaired) electrons. The van der Waals surface area contributed by atoms with E-state index in [0.29, 0.717) is 0 Å². The molecule has 0 amide bonds. The second kappa shape index (κ2) is 4.86. The molecule has 1 aromatic rings. The van der Waals surface area contributed by atoms with Gasteiger partial charge in [-0.3, -0.25) is 5.41 Å². The van der Waals surface area contributed by atoms with Gasteiger partial charge in [0.05, 0.1) is 0 Å². The number of nitrogens with zero attached hydrogens (tertiary/aromatic N) is 2. The molecule has 2 rings (SSSR count). The lowest BCUT2D eigenvalue weighted by Crippen LogP contribution is -2.33. The molecule has 0 spiro atoms. The zero-order chi connectivity index (χ0) is 12.3. The SMILES string of the molecule is N=C(N=C(N)N)N1CCCCc2ccccc21. The molecule has 90 valence electrons. The maximum absolute atomic E-state index is 7.92. The van der Waals surface area contributed by atoms with Crippen LogP contribution in [0.25, 0.3) is 0 Å². The lowest BCUT2D eigenvalue weighted by atomic mass is 10.1. The van der Waals surface area contributed by atoms with Crippen molar-refractivity contribution in [2.45, 2.75) is 19.3 Å². The number of hydrogen-bond acceptors (Lipinski definition) is 1. The molecule has 0 unspecified atom stereocenters. The molecular formula is C12H17N5. The van der Waals surface area contributed by atoms with Gasteiger partial charge in [0.1, 0.15) is 0 Å². The van der Waals surface area contributed by atoms with Crippen LogP contribution in [0.4, 0.5) is 5.69 Å². The Labute approximate surface area is 101 Å². The van der Waals surface area contributed by atoms with E-state index < -0.39 is 0 Å². The van der Waals surface area contributed by atoms with Crippen molar-refractivity contribution in [3.05, 3.63) is 29.8 Å². The van der Waals surface area contributed by atoms with Crippen molar-refractivity contribution in [2.75, 3.05) is 11.4 Å². The first-order valence-corrected chi connectivity index (χ1v) is 5.72. The minimum Gasteiger partial charge on any atom is -0.370 e. The monoisotopic (exact) mass is 231 g/mol. The highest BCUT2D eigenvalue weighted by molar-refractivity contribution is 6.01. The summed E-state index contributed by atoms with van der Waals surface area (Å²) in [4.78, 5) is 5.69. The van der Waals surface area contributed by atoms with Crippen LogP contribution < -0.4 is 16.4 Å². The Kier molecular flexibility index (Phi) is 3.27. The lowest BCUT2D eigenvalue weighted by Gasteiger charge is -2.22. The summed E-state index contributed by atoms with van der Waals surface area (Å²) in [5.41, 5.74) is 12.9. The van der Waals surface area contributed by atoms with Crippen molar-refractivity contribution in [2.24, 2.45) is 16.5 Å². The average molecular weight is 231 g/mol. The summed E-state index contributed by atoms with van der Waals surface area (Å²) < 4.78 is 0. The minimum absolute atomic E-state index is 0.0725. The van der Waals surface area contributed by atoms with Crippen molar-refractivity contribution in [3.8, 4) is 0 Å². The highest BCUT2D eigenvalue weighted by Crippen LogP contribution is 2.26. The number of anilines is 1. The normalized spacial score (nSPS) is 14.7. The Morgan fingerprint density at radius 1 is 1.24 bits per heavy atom. The van der Waals surface area contributed by atoms with Crippen LogP contribution in [-0.2, 0) is 6.42 Å². The van der Waals surface area contributed by atoms with Crippen molar-refractivity contribution in [1.82, 2.24) is 0 Å². The number of nitrogens with two attached hydrogens (primary N) is 2. The molecule has 17 heavy (non-hydrogen) atoms. The first kappa shape index (κ1) is 11.4. The van der Waals surface area contributed by atoms with Gasteiger partial charge in [-0.2, -0.15) is 4.99 Å². The number of fused-ring (bicyclic) bond motifs is 1. The van der Waals surface area contributed by atoms with E-state index >= 15 is 0 Å². The van der Waals surface area contributed by atoms with Crippen LogP contribution in [0.15, 0.2) is 29.3 Å². The fraction of sp³-hybridized carbons (Fsp3) is 0.333. The molecule has 5 heteroatoms. The van der Waals surface area contributed by atoms with Crippen molar-refractivity contribution in [3.63, 3.8) is 0 Å². The predicted octanol–water partition coefficient (Wildman–Crippen LogP) is 1.04. The van der Waals surface area contributed by atoms with Gasteiger partial charge in [-0.1, -0.05) is 18.2 Å². The predicted molar refractivity (Wildman–Crippen MR) is 70.3 cm³/mol. The molecule has 0 aliphatic carbocycles. The Morgan fingerprint density at radius 3 is 2.76 bits per heavy atom. The van der Waals surface area contributed by atoms with Crippen LogP contribution in [0.3, 0.4) is 0 Å². The first-order valence-electron chi connectivity index (χ1n) is 5.72. The standard InChI is InChI=1S/C12H17N5/c13-11(14)16-12(15)17-8-4-3-6-9-5-1-2-7-10(9)17/h1-2,5,7H,3-4,6,8H2,(H5,13,14,15,16).